The summed E-state index contributed by atoms with van der Waals surface area (Å²) >= 11 is 0. The van der Waals surface area contributed by atoms with E-state index in [9.17, 15) is 10.2 Å². The predicted octanol–water partition coefficient (Wildman–Crippen LogP) is 3.00. The molecule has 5 nitrogen and oxygen atoms in total. The number of aromatic hydroxyl groups is 2. The van der Waals surface area contributed by atoms with E-state index in [1.54, 1.807) is 29.2 Å². The highest BCUT2D eigenvalue weighted by Gasteiger charge is 2.28. The van der Waals surface area contributed by atoms with E-state index >= 15 is 0 Å². The summed E-state index contributed by atoms with van der Waals surface area (Å²) in [6.45, 7) is 4.91. The summed E-state index contributed by atoms with van der Waals surface area (Å²) in [6, 6.07) is 3.50. The summed E-state index contributed by atoms with van der Waals surface area (Å²) in [4.78, 5) is 0. The van der Waals surface area contributed by atoms with Crippen molar-refractivity contribution in [3.05, 3.63) is 47.3 Å². The first-order valence-electron chi connectivity index (χ1n) is 7.60. The molecule has 0 saturated carbocycles. The molecule has 1 aromatic carbocycles. The first-order chi connectivity index (χ1) is 10.5. The Morgan fingerprint density at radius 1 is 1.27 bits per heavy atom. The molecule has 1 aromatic heterocycles. The van der Waals surface area contributed by atoms with Crippen LogP contribution in [0.1, 0.15) is 37.3 Å². The normalized spacial score (nSPS) is 21.1. The zero-order valence-corrected chi connectivity index (χ0v) is 12.9. The Hall–Kier alpha value is -2.30. The Kier molecular flexibility index (Phi) is 3.88. The lowest BCUT2D eigenvalue weighted by molar-refractivity contribution is 0.419. The van der Waals surface area contributed by atoms with Crippen LogP contribution >= 0.6 is 0 Å². The molecule has 0 unspecified atom stereocenters. The van der Waals surface area contributed by atoms with Gasteiger partial charge in [-0.25, -0.2) is 0 Å². The van der Waals surface area contributed by atoms with E-state index in [0.717, 1.165) is 12.0 Å². The van der Waals surface area contributed by atoms with Crippen molar-refractivity contribution in [2.45, 2.75) is 39.2 Å². The molecule has 0 fully saturated rings. The molecule has 5 heteroatoms. The number of rotatable bonds is 4. The molecule has 0 aliphatic heterocycles. The Morgan fingerprint density at radius 2 is 2.00 bits per heavy atom. The molecule has 1 aliphatic rings. The minimum absolute atomic E-state index is 0.0874. The second kappa shape index (κ2) is 5.83. The fourth-order valence-corrected chi connectivity index (χ4v) is 3.30. The van der Waals surface area contributed by atoms with E-state index in [4.69, 9.17) is 0 Å². The lowest BCUT2D eigenvalue weighted by Crippen LogP contribution is -2.05. The zero-order chi connectivity index (χ0) is 15.7. The molecule has 0 spiro atoms. The van der Waals surface area contributed by atoms with Crippen molar-refractivity contribution >= 4 is 0 Å². The van der Waals surface area contributed by atoms with Gasteiger partial charge in [-0.2, -0.15) is 0 Å². The lowest BCUT2D eigenvalue weighted by atomic mass is 9.88. The molecule has 2 aromatic rings. The SMILES string of the molecule is CC1=C[C@@H](c2c(O)cc(CCn3ccnn3)cc2O)[C@H](C)C1. The van der Waals surface area contributed by atoms with Crippen molar-refractivity contribution in [3.63, 3.8) is 0 Å². The van der Waals surface area contributed by atoms with E-state index in [1.807, 2.05) is 0 Å². The van der Waals surface area contributed by atoms with Crippen LogP contribution in [-0.4, -0.2) is 25.2 Å². The van der Waals surface area contributed by atoms with Gasteiger partial charge in [0.2, 0.25) is 0 Å². The van der Waals surface area contributed by atoms with Gasteiger partial charge in [-0.05, 0) is 43.4 Å². The van der Waals surface area contributed by atoms with Crippen LogP contribution in [0.5, 0.6) is 11.5 Å². The van der Waals surface area contributed by atoms with Crippen LogP contribution in [0.25, 0.3) is 0 Å². The number of phenols is 2. The molecule has 1 heterocycles. The molecule has 116 valence electrons. The van der Waals surface area contributed by atoms with Gasteiger partial charge in [0.05, 0.1) is 6.20 Å². The fraction of sp³-hybridized carbons (Fsp3) is 0.412. The number of nitrogens with zero attached hydrogens (tertiary/aromatic N) is 3. The van der Waals surface area contributed by atoms with Gasteiger partial charge in [0, 0.05) is 24.2 Å². The quantitative estimate of drug-likeness (QED) is 0.851. The summed E-state index contributed by atoms with van der Waals surface area (Å²) in [5, 5.41) is 28.4. The average molecular weight is 299 g/mol. The smallest absolute Gasteiger partial charge is 0.123 e. The number of phenolic OH excluding ortho intramolecular Hbond substituents is 2. The molecule has 2 atom stereocenters. The van der Waals surface area contributed by atoms with Crippen molar-refractivity contribution in [2.75, 3.05) is 0 Å². The molecular formula is C17H21N3O2. The van der Waals surface area contributed by atoms with Gasteiger partial charge in [-0.1, -0.05) is 23.8 Å². The van der Waals surface area contributed by atoms with Crippen LogP contribution in [0.2, 0.25) is 0 Å². The molecule has 3 rings (SSSR count). The summed E-state index contributed by atoms with van der Waals surface area (Å²) in [7, 11) is 0. The maximum atomic E-state index is 10.4. The molecule has 22 heavy (non-hydrogen) atoms. The van der Waals surface area contributed by atoms with E-state index in [1.165, 1.54) is 5.57 Å². The highest BCUT2D eigenvalue weighted by molar-refractivity contribution is 5.51. The van der Waals surface area contributed by atoms with E-state index in [2.05, 4.69) is 30.2 Å². The van der Waals surface area contributed by atoms with Gasteiger partial charge in [-0.3, -0.25) is 4.68 Å². The number of aromatic nitrogens is 3. The van der Waals surface area contributed by atoms with Crippen molar-refractivity contribution in [3.8, 4) is 11.5 Å². The molecule has 0 amide bonds. The van der Waals surface area contributed by atoms with Gasteiger partial charge >= 0.3 is 0 Å². The van der Waals surface area contributed by atoms with Crippen LogP contribution in [0.15, 0.2) is 36.2 Å². The number of benzene rings is 1. The maximum Gasteiger partial charge on any atom is 0.123 e. The zero-order valence-electron chi connectivity index (χ0n) is 12.9. The van der Waals surface area contributed by atoms with E-state index < -0.39 is 0 Å². The maximum absolute atomic E-state index is 10.4. The Bertz CT molecular complexity index is 669. The summed E-state index contributed by atoms with van der Waals surface area (Å²) < 4.78 is 1.73. The highest BCUT2D eigenvalue weighted by Crippen LogP contribution is 2.45. The van der Waals surface area contributed by atoms with Gasteiger partial charge in [0.15, 0.2) is 0 Å². The van der Waals surface area contributed by atoms with Crippen molar-refractivity contribution in [1.82, 2.24) is 15.0 Å². The molecule has 1 aliphatic carbocycles. The average Bonchev–Trinajstić information content (AvgIpc) is 3.06. The third kappa shape index (κ3) is 2.84. The summed E-state index contributed by atoms with van der Waals surface area (Å²) in [6.07, 6.45) is 7.27. The van der Waals surface area contributed by atoms with E-state index in [-0.39, 0.29) is 17.4 Å². The number of hydrogen-bond donors (Lipinski definition) is 2. The largest absolute Gasteiger partial charge is 0.507 e. The van der Waals surface area contributed by atoms with Gasteiger partial charge in [0.25, 0.3) is 0 Å². The molecule has 0 radical (unpaired) electrons. The van der Waals surface area contributed by atoms with Crippen LogP contribution in [0.4, 0.5) is 0 Å². The lowest BCUT2D eigenvalue weighted by Gasteiger charge is -2.19. The second-order valence-electron chi connectivity index (χ2n) is 6.18. The first-order valence-corrected chi connectivity index (χ1v) is 7.60. The third-order valence-electron chi connectivity index (χ3n) is 4.35. The van der Waals surface area contributed by atoms with Crippen LogP contribution in [0.3, 0.4) is 0 Å². The summed E-state index contributed by atoms with van der Waals surface area (Å²) in [5.74, 6) is 0.843. The fourth-order valence-electron chi connectivity index (χ4n) is 3.30. The molecule has 2 N–H and O–H groups in total. The third-order valence-corrected chi connectivity index (χ3v) is 4.35. The van der Waals surface area contributed by atoms with Gasteiger partial charge < -0.3 is 10.2 Å². The second-order valence-corrected chi connectivity index (χ2v) is 6.18. The Morgan fingerprint density at radius 3 is 2.55 bits per heavy atom. The van der Waals surface area contributed by atoms with Gasteiger partial charge in [0.1, 0.15) is 11.5 Å². The minimum atomic E-state index is 0.0874. The standard InChI is InChI=1S/C17H21N3O2/c1-11-7-12(2)14(8-11)17-15(21)9-13(10-16(17)22)3-5-20-6-4-18-19-20/h4,6,8-10,12,14,21-22H,3,5,7H2,1-2H3/t12-,14-/m1/s1. The van der Waals surface area contributed by atoms with Crippen LogP contribution in [-0.2, 0) is 13.0 Å². The minimum Gasteiger partial charge on any atom is -0.507 e. The van der Waals surface area contributed by atoms with Crippen molar-refractivity contribution < 1.29 is 10.2 Å². The Balaban J connectivity index is 1.82. The molecule has 0 bridgehead atoms. The molecule has 0 saturated heterocycles. The van der Waals surface area contributed by atoms with Crippen molar-refractivity contribution in [1.29, 1.82) is 0 Å². The van der Waals surface area contributed by atoms with Crippen molar-refractivity contribution in [2.24, 2.45) is 5.92 Å². The van der Waals surface area contributed by atoms with Crippen LogP contribution in [0, 0.1) is 5.92 Å². The van der Waals surface area contributed by atoms with Gasteiger partial charge in [-0.15, -0.1) is 5.10 Å². The van der Waals surface area contributed by atoms with E-state index in [0.29, 0.717) is 24.4 Å². The first kappa shape index (κ1) is 14.6. The van der Waals surface area contributed by atoms with Crippen LogP contribution < -0.4 is 0 Å². The monoisotopic (exact) mass is 299 g/mol. The number of allylic oxidation sites excluding steroid dienone is 2. The predicted molar refractivity (Wildman–Crippen MR) is 83.8 cm³/mol. The number of aryl methyl sites for hydroxylation is 2. The molecular weight excluding hydrogens is 278 g/mol. The number of hydrogen-bond acceptors (Lipinski definition) is 4. The summed E-state index contributed by atoms with van der Waals surface area (Å²) in [5.41, 5.74) is 2.85. The topological polar surface area (TPSA) is 71.2 Å². The highest BCUT2D eigenvalue weighted by atomic mass is 16.3. The Labute approximate surface area is 129 Å².